The van der Waals surface area contributed by atoms with E-state index < -0.39 is 0 Å². The molecule has 184 valence electrons. The molecule has 0 saturated carbocycles. The van der Waals surface area contributed by atoms with Crippen molar-refractivity contribution in [2.45, 2.75) is 26.9 Å². The number of pyridine rings is 1. The van der Waals surface area contributed by atoms with E-state index >= 15 is 0 Å². The summed E-state index contributed by atoms with van der Waals surface area (Å²) in [7, 11) is 0. The van der Waals surface area contributed by atoms with Gasteiger partial charge in [-0.1, -0.05) is 29.3 Å². The molecule has 0 aliphatic carbocycles. The Kier molecular flexibility index (Phi) is 8.11. The number of hydrogen-bond donors (Lipinski definition) is 2. The van der Waals surface area contributed by atoms with Gasteiger partial charge < -0.3 is 15.2 Å². The van der Waals surface area contributed by atoms with Crippen LogP contribution < -0.4 is 10.6 Å². The Labute approximate surface area is 215 Å². The van der Waals surface area contributed by atoms with Crippen molar-refractivity contribution in [3.8, 4) is 0 Å². The topological polar surface area (TPSA) is 79.3 Å². The fraction of sp³-hybridized carbons (Fsp3) is 0.346. The van der Waals surface area contributed by atoms with Crippen LogP contribution in [0.4, 0.5) is 0 Å². The van der Waals surface area contributed by atoms with Crippen molar-refractivity contribution in [3.63, 3.8) is 0 Å². The number of nitrogens with one attached hydrogen (secondary N) is 2. The smallest absolute Gasteiger partial charge is 0.253 e. The molecule has 1 fully saturated rings. The fourth-order valence-electron chi connectivity index (χ4n) is 4.35. The first-order valence-corrected chi connectivity index (χ1v) is 12.3. The number of halogens is 2. The van der Waals surface area contributed by atoms with Crippen LogP contribution in [0.2, 0.25) is 10.0 Å². The quantitative estimate of drug-likeness (QED) is 0.455. The van der Waals surface area contributed by atoms with Crippen molar-refractivity contribution >= 4 is 35.0 Å². The lowest BCUT2D eigenvalue weighted by Crippen LogP contribution is -2.51. The van der Waals surface area contributed by atoms with Crippen LogP contribution in [0.5, 0.6) is 0 Å². The van der Waals surface area contributed by atoms with E-state index in [-0.39, 0.29) is 18.4 Å². The summed E-state index contributed by atoms with van der Waals surface area (Å²) in [6, 6.07) is 11.4. The summed E-state index contributed by atoms with van der Waals surface area (Å²) in [4.78, 5) is 31.3. The maximum Gasteiger partial charge on any atom is 0.253 e. The maximum absolute atomic E-state index is 12.7. The molecule has 1 aliphatic heterocycles. The van der Waals surface area contributed by atoms with E-state index in [2.05, 4.69) is 25.1 Å². The average molecular weight is 514 g/mol. The number of amides is 2. The number of carbonyl (C=O) groups is 2. The van der Waals surface area contributed by atoms with Gasteiger partial charge in [0.25, 0.3) is 5.91 Å². The maximum atomic E-state index is 12.7. The SMILES string of the molecule is Cc1cc(C(=O)NCC(=O)NCC2CN(Cc3ccc(Cl)c(Cl)c3)C2)c(C)n1Cc1ccncc1. The first-order valence-electron chi connectivity index (χ1n) is 11.6. The lowest BCUT2D eigenvalue weighted by Gasteiger charge is -2.39. The normalized spacial score (nSPS) is 13.9. The van der Waals surface area contributed by atoms with Gasteiger partial charge in [-0.05, 0) is 55.3 Å². The van der Waals surface area contributed by atoms with Crippen molar-refractivity contribution < 1.29 is 9.59 Å². The van der Waals surface area contributed by atoms with Crippen molar-refractivity contribution in [3.05, 3.63) is 86.9 Å². The molecular weight excluding hydrogens is 485 g/mol. The first kappa shape index (κ1) is 25.2. The minimum atomic E-state index is -0.245. The highest BCUT2D eigenvalue weighted by atomic mass is 35.5. The van der Waals surface area contributed by atoms with Gasteiger partial charge in [-0.25, -0.2) is 0 Å². The van der Waals surface area contributed by atoms with Gasteiger partial charge in [-0.3, -0.25) is 19.5 Å². The number of aromatic nitrogens is 2. The van der Waals surface area contributed by atoms with Crippen LogP contribution in [0.25, 0.3) is 0 Å². The fourth-order valence-corrected chi connectivity index (χ4v) is 4.67. The highest BCUT2D eigenvalue weighted by Crippen LogP contribution is 2.25. The summed E-state index contributed by atoms with van der Waals surface area (Å²) >= 11 is 12.1. The number of likely N-dealkylation sites (tertiary alicyclic amines) is 1. The number of carbonyl (C=O) groups excluding carboxylic acids is 2. The van der Waals surface area contributed by atoms with Crippen molar-refractivity contribution in [2.75, 3.05) is 26.2 Å². The zero-order chi connectivity index (χ0) is 24.9. The summed E-state index contributed by atoms with van der Waals surface area (Å²) in [6.45, 7) is 7.70. The number of nitrogens with zero attached hydrogens (tertiary/aromatic N) is 3. The molecule has 0 spiro atoms. The third kappa shape index (κ3) is 6.42. The third-order valence-electron chi connectivity index (χ3n) is 6.33. The van der Waals surface area contributed by atoms with E-state index in [1.165, 1.54) is 0 Å². The van der Waals surface area contributed by atoms with Crippen molar-refractivity contribution in [1.29, 1.82) is 0 Å². The van der Waals surface area contributed by atoms with E-state index in [0.717, 1.165) is 42.1 Å². The van der Waals surface area contributed by atoms with E-state index in [1.807, 2.05) is 50.2 Å². The lowest BCUT2D eigenvalue weighted by atomic mass is 9.99. The van der Waals surface area contributed by atoms with Crippen LogP contribution in [0.1, 0.15) is 32.9 Å². The molecule has 2 N–H and O–H groups in total. The molecule has 0 atom stereocenters. The Bertz CT molecular complexity index is 1210. The molecule has 3 heterocycles. The predicted octanol–water partition coefficient (Wildman–Crippen LogP) is 3.83. The number of rotatable bonds is 9. The number of benzene rings is 1. The zero-order valence-electron chi connectivity index (χ0n) is 19.9. The van der Waals surface area contributed by atoms with Gasteiger partial charge in [-0.2, -0.15) is 0 Å². The molecule has 0 unspecified atom stereocenters. The second kappa shape index (κ2) is 11.2. The predicted molar refractivity (Wildman–Crippen MR) is 138 cm³/mol. The second-order valence-corrected chi connectivity index (χ2v) is 9.84. The van der Waals surface area contributed by atoms with Crippen LogP contribution in [0.3, 0.4) is 0 Å². The van der Waals surface area contributed by atoms with Gasteiger partial charge in [0.1, 0.15) is 0 Å². The highest BCUT2D eigenvalue weighted by Gasteiger charge is 2.27. The zero-order valence-corrected chi connectivity index (χ0v) is 21.4. The van der Waals surface area contributed by atoms with Gasteiger partial charge in [0.2, 0.25) is 5.91 Å². The molecule has 35 heavy (non-hydrogen) atoms. The standard InChI is InChI=1S/C26H29Cl2N5O2/c1-17-9-22(18(2)33(17)16-19-5-7-29-8-6-19)26(35)31-12-25(34)30-11-21-14-32(15-21)13-20-3-4-23(27)24(28)10-20/h3-10,21H,11-16H2,1-2H3,(H,30,34)(H,31,35). The van der Waals surface area contributed by atoms with Gasteiger partial charge in [0, 0.05) is 62.4 Å². The molecule has 1 aliphatic rings. The van der Waals surface area contributed by atoms with Crippen LogP contribution >= 0.6 is 23.2 Å². The third-order valence-corrected chi connectivity index (χ3v) is 7.07. The minimum absolute atomic E-state index is 0.0490. The molecule has 1 aromatic carbocycles. The summed E-state index contributed by atoms with van der Waals surface area (Å²) in [5.41, 5.74) is 4.67. The van der Waals surface area contributed by atoms with Gasteiger partial charge in [0.05, 0.1) is 22.2 Å². The summed E-state index contributed by atoms with van der Waals surface area (Å²) in [6.07, 6.45) is 3.51. The summed E-state index contributed by atoms with van der Waals surface area (Å²) < 4.78 is 2.09. The van der Waals surface area contributed by atoms with Gasteiger partial charge >= 0.3 is 0 Å². The molecular formula is C26H29Cl2N5O2. The molecule has 0 bridgehead atoms. The second-order valence-electron chi connectivity index (χ2n) is 9.02. The number of hydrogen-bond acceptors (Lipinski definition) is 4. The van der Waals surface area contributed by atoms with Crippen LogP contribution in [0, 0.1) is 19.8 Å². The van der Waals surface area contributed by atoms with E-state index in [0.29, 0.717) is 34.6 Å². The molecule has 1 saturated heterocycles. The van der Waals surface area contributed by atoms with Crippen LogP contribution in [-0.4, -0.2) is 52.4 Å². The Morgan fingerprint density at radius 3 is 2.43 bits per heavy atom. The first-order chi connectivity index (χ1) is 16.8. The molecule has 3 aromatic rings. The van der Waals surface area contributed by atoms with Crippen LogP contribution in [-0.2, 0) is 17.9 Å². The molecule has 9 heteroatoms. The van der Waals surface area contributed by atoms with Crippen molar-refractivity contribution in [2.24, 2.45) is 5.92 Å². The van der Waals surface area contributed by atoms with E-state index in [4.69, 9.17) is 23.2 Å². The van der Waals surface area contributed by atoms with E-state index in [1.54, 1.807) is 12.4 Å². The Balaban J connectivity index is 1.19. The minimum Gasteiger partial charge on any atom is -0.354 e. The highest BCUT2D eigenvalue weighted by molar-refractivity contribution is 6.42. The molecule has 0 radical (unpaired) electrons. The van der Waals surface area contributed by atoms with Crippen LogP contribution in [0.15, 0.2) is 48.8 Å². The van der Waals surface area contributed by atoms with E-state index in [9.17, 15) is 9.59 Å². The molecule has 2 aromatic heterocycles. The summed E-state index contributed by atoms with van der Waals surface area (Å²) in [5.74, 6) is -0.0397. The number of aryl methyl sites for hydroxylation is 1. The Morgan fingerprint density at radius 1 is 0.971 bits per heavy atom. The molecule has 4 rings (SSSR count). The molecule has 2 amide bonds. The Hall–Kier alpha value is -2.87. The summed E-state index contributed by atoms with van der Waals surface area (Å²) in [5, 5.41) is 6.79. The average Bonchev–Trinajstić information content (AvgIpc) is 3.10. The lowest BCUT2D eigenvalue weighted by molar-refractivity contribution is -0.120. The monoisotopic (exact) mass is 513 g/mol. The van der Waals surface area contributed by atoms with Gasteiger partial charge in [0.15, 0.2) is 0 Å². The largest absolute Gasteiger partial charge is 0.354 e. The van der Waals surface area contributed by atoms with Gasteiger partial charge in [-0.15, -0.1) is 0 Å². The van der Waals surface area contributed by atoms with Crippen molar-refractivity contribution in [1.82, 2.24) is 25.1 Å². The molecule has 7 nitrogen and oxygen atoms in total. The Morgan fingerprint density at radius 2 is 1.71 bits per heavy atom.